The molecule has 0 aromatic heterocycles. The smallest absolute Gasteiger partial charge is 0.444 e. The molecule has 2 aromatic rings. The Morgan fingerprint density at radius 1 is 1.07 bits per heavy atom. The second-order valence-electron chi connectivity index (χ2n) is 6.74. The first-order valence-electron chi connectivity index (χ1n) is 8.07. The highest BCUT2D eigenvalue weighted by Crippen LogP contribution is 2.34. The first-order chi connectivity index (χ1) is 12.4. The Kier molecular flexibility index (Phi) is 6.00. The second kappa shape index (κ2) is 7.87. The van der Waals surface area contributed by atoms with E-state index in [0.717, 1.165) is 12.1 Å². The van der Waals surface area contributed by atoms with Gasteiger partial charge in [0.25, 0.3) is 0 Å². The van der Waals surface area contributed by atoms with Crippen molar-refractivity contribution in [1.29, 1.82) is 0 Å². The zero-order chi connectivity index (χ0) is 20.2. The Hall–Kier alpha value is -2.74. The summed E-state index contributed by atoms with van der Waals surface area (Å²) in [6, 6.07) is 11.6. The van der Waals surface area contributed by atoms with Gasteiger partial charge in [0, 0.05) is 5.56 Å². The molecular weight excluding hydrogens is 363 g/mol. The molecule has 8 heteroatoms. The summed E-state index contributed by atoms with van der Waals surface area (Å²) >= 11 is 0. The normalized spacial score (nSPS) is 13.0. The molecule has 0 spiro atoms. The zero-order valence-electron chi connectivity index (χ0n) is 15.0. The number of aliphatic hydroxyl groups is 1. The van der Waals surface area contributed by atoms with Gasteiger partial charge in [-0.15, -0.1) is 13.2 Å². The molecule has 0 radical (unpaired) electrons. The van der Waals surface area contributed by atoms with E-state index in [1.807, 2.05) is 0 Å². The largest absolute Gasteiger partial charge is 0.573 e. The van der Waals surface area contributed by atoms with E-state index in [9.17, 15) is 23.1 Å². The highest BCUT2D eigenvalue weighted by atomic mass is 19.4. The van der Waals surface area contributed by atoms with Gasteiger partial charge in [-0.1, -0.05) is 30.3 Å². The first kappa shape index (κ1) is 20.6. The van der Waals surface area contributed by atoms with Gasteiger partial charge >= 0.3 is 12.5 Å². The Labute approximate surface area is 154 Å². The maximum Gasteiger partial charge on any atom is 0.573 e. The van der Waals surface area contributed by atoms with Gasteiger partial charge in [0.05, 0.1) is 5.69 Å². The van der Waals surface area contributed by atoms with Crippen LogP contribution in [0.3, 0.4) is 0 Å². The molecular formula is C19H20F3NO4. The fraction of sp³-hybridized carbons (Fsp3) is 0.316. The van der Waals surface area contributed by atoms with E-state index in [2.05, 4.69) is 10.1 Å². The van der Waals surface area contributed by atoms with Crippen LogP contribution < -0.4 is 10.1 Å². The molecule has 0 saturated carbocycles. The quantitative estimate of drug-likeness (QED) is 0.778. The fourth-order valence-corrected chi connectivity index (χ4v) is 2.31. The van der Waals surface area contributed by atoms with Crippen molar-refractivity contribution in [3.8, 4) is 5.75 Å². The topological polar surface area (TPSA) is 67.8 Å². The van der Waals surface area contributed by atoms with Crippen molar-refractivity contribution in [3.05, 3.63) is 59.7 Å². The maximum atomic E-state index is 12.5. The summed E-state index contributed by atoms with van der Waals surface area (Å²) in [5.41, 5.74) is -0.181. The second-order valence-corrected chi connectivity index (χ2v) is 6.74. The number of aliphatic hydroxyl groups excluding tert-OH is 1. The SMILES string of the molecule is CC(C)(C)OC(=O)Nc1ccc(OC(F)(F)F)cc1C(O)c1ccccc1. The average molecular weight is 383 g/mol. The number of alkyl halides is 3. The van der Waals surface area contributed by atoms with Crippen LogP contribution in [-0.2, 0) is 4.74 Å². The number of carbonyl (C=O) groups excluding carboxylic acids is 1. The molecule has 1 atom stereocenters. The lowest BCUT2D eigenvalue weighted by Crippen LogP contribution is -2.27. The molecule has 1 unspecified atom stereocenters. The van der Waals surface area contributed by atoms with Crippen molar-refractivity contribution in [3.63, 3.8) is 0 Å². The molecule has 5 nitrogen and oxygen atoms in total. The van der Waals surface area contributed by atoms with Crippen LogP contribution in [0.25, 0.3) is 0 Å². The average Bonchev–Trinajstić information content (AvgIpc) is 2.53. The predicted octanol–water partition coefficient (Wildman–Crippen LogP) is 5.01. The molecule has 0 fully saturated rings. The highest BCUT2D eigenvalue weighted by Gasteiger charge is 2.32. The first-order valence-corrected chi connectivity index (χ1v) is 8.07. The van der Waals surface area contributed by atoms with E-state index < -0.39 is 29.9 Å². The maximum absolute atomic E-state index is 12.5. The van der Waals surface area contributed by atoms with Crippen molar-refractivity contribution in [2.75, 3.05) is 5.32 Å². The number of rotatable bonds is 4. The summed E-state index contributed by atoms with van der Waals surface area (Å²) in [6.07, 6.45) is -6.96. The molecule has 0 aliphatic heterocycles. The van der Waals surface area contributed by atoms with Crippen molar-refractivity contribution < 1.29 is 32.5 Å². The molecule has 0 bridgehead atoms. The van der Waals surface area contributed by atoms with E-state index in [1.165, 1.54) is 6.07 Å². The molecule has 0 aliphatic carbocycles. The summed E-state index contributed by atoms with van der Waals surface area (Å²) < 4.78 is 46.6. The Bertz CT molecular complexity index is 786. The van der Waals surface area contributed by atoms with E-state index in [1.54, 1.807) is 51.1 Å². The third-order valence-corrected chi connectivity index (χ3v) is 3.30. The molecule has 0 saturated heterocycles. The van der Waals surface area contributed by atoms with Crippen LogP contribution in [0.1, 0.15) is 38.0 Å². The number of hydrogen-bond donors (Lipinski definition) is 2. The summed E-state index contributed by atoms with van der Waals surface area (Å²) in [7, 11) is 0. The van der Waals surface area contributed by atoms with Crippen molar-refractivity contribution in [1.82, 2.24) is 0 Å². The van der Waals surface area contributed by atoms with Crippen LogP contribution in [0.2, 0.25) is 0 Å². The lowest BCUT2D eigenvalue weighted by atomic mass is 9.99. The van der Waals surface area contributed by atoms with Crippen molar-refractivity contribution in [2.45, 2.75) is 38.8 Å². The minimum atomic E-state index is -4.88. The van der Waals surface area contributed by atoms with Crippen LogP contribution in [0.4, 0.5) is 23.7 Å². The molecule has 1 amide bonds. The van der Waals surface area contributed by atoms with E-state index >= 15 is 0 Å². The van der Waals surface area contributed by atoms with Gasteiger partial charge in [0.1, 0.15) is 17.5 Å². The van der Waals surface area contributed by atoms with Gasteiger partial charge in [0.2, 0.25) is 0 Å². The molecule has 2 aromatic carbocycles. The van der Waals surface area contributed by atoms with Crippen molar-refractivity contribution in [2.24, 2.45) is 0 Å². The van der Waals surface area contributed by atoms with Gasteiger partial charge in [-0.2, -0.15) is 0 Å². The van der Waals surface area contributed by atoms with Gasteiger partial charge in [-0.05, 0) is 44.5 Å². The van der Waals surface area contributed by atoms with Crippen LogP contribution >= 0.6 is 0 Å². The lowest BCUT2D eigenvalue weighted by Gasteiger charge is -2.22. The minimum Gasteiger partial charge on any atom is -0.444 e. The molecule has 0 aliphatic rings. The minimum absolute atomic E-state index is 0.0359. The number of hydrogen-bond acceptors (Lipinski definition) is 4. The van der Waals surface area contributed by atoms with Gasteiger partial charge < -0.3 is 14.6 Å². The predicted molar refractivity (Wildman–Crippen MR) is 93.5 cm³/mol. The lowest BCUT2D eigenvalue weighted by molar-refractivity contribution is -0.274. The Morgan fingerprint density at radius 3 is 2.26 bits per heavy atom. The molecule has 27 heavy (non-hydrogen) atoms. The van der Waals surface area contributed by atoms with Gasteiger partial charge in [0.15, 0.2) is 0 Å². The summed E-state index contributed by atoms with van der Waals surface area (Å²) in [4.78, 5) is 12.0. The Balaban J connectivity index is 2.38. The highest BCUT2D eigenvalue weighted by molar-refractivity contribution is 5.86. The molecule has 2 N–H and O–H groups in total. The molecule has 2 rings (SSSR count). The molecule has 146 valence electrons. The summed E-state index contributed by atoms with van der Waals surface area (Å²) in [6.45, 7) is 5.02. The number of ether oxygens (including phenoxy) is 2. The summed E-state index contributed by atoms with van der Waals surface area (Å²) in [5.74, 6) is -0.512. The molecule has 0 heterocycles. The standard InChI is InChI=1S/C19H20F3NO4/c1-18(2,3)27-17(25)23-15-10-9-13(26-19(20,21)22)11-14(15)16(24)12-7-5-4-6-8-12/h4-11,16,24H,1-3H3,(H,23,25). The van der Waals surface area contributed by atoms with E-state index in [4.69, 9.17) is 4.74 Å². The fourth-order valence-electron chi connectivity index (χ4n) is 2.31. The van der Waals surface area contributed by atoms with Crippen LogP contribution in [0.15, 0.2) is 48.5 Å². The number of carbonyl (C=O) groups is 1. The third-order valence-electron chi connectivity index (χ3n) is 3.30. The third kappa shape index (κ3) is 6.49. The van der Waals surface area contributed by atoms with E-state index in [-0.39, 0.29) is 11.3 Å². The number of amides is 1. The van der Waals surface area contributed by atoms with Crippen molar-refractivity contribution >= 4 is 11.8 Å². The monoisotopic (exact) mass is 383 g/mol. The van der Waals surface area contributed by atoms with Gasteiger partial charge in [-0.25, -0.2) is 4.79 Å². The number of halogens is 3. The van der Waals surface area contributed by atoms with Crippen LogP contribution in [0, 0.1) is 0 Å². The number of anilines is 1. The zero-order valence-corrected chi connectivity index (χ0v) is 15.0. The van der Waals surface area contributed by atoms with E-state index in [0.29, 0.717) is 5.56 Å². The van der Waals surface area contributed by atoms with Crippen LogP contribution in [-0.4, -0.2) is 23.2 Å². The Morgan fingerprint density at radius 2 is 1.70 bits per heavy atom. The van der Waals surface area contributed by atoms with Gasteiger partial charge in [-0.3, -0.25) is 5.32 Å². The number of nitrogens with one attached hydrogen (secondary N) is 1. The summed E-state index contributed by atoms with van der Waals surface area (Å²) in [5, 5.41) is 13.1. The number of benzene rings is 2. The van der Waals surface area contributed by atoms with Crippen LogP contribution in [0.5, 0.6) is 5.75 Å².